The molecule has 3 aromatic rings. The lowest BCUT2D eigenvalue weighted by Gasteiger charge is -2.14. The molecule has 3 aromatic carbocycles. The largest absolute Gasteiger partial charge is 0.584 e. The van der Waals surface area contributed by atoms with Gasteiger partial charge in [-0.25, -0.2) is 4.57 Å². The number of rotatable bonds is 6. The summed E-state index contributed by atoms with van der Waals surface area (Å²) in [6, 6.07) is 23.6. The van der Waals surface area contributed by atoms with E-state index in [4.69, 9.17) is 9.05 Å². The van der Waals surface area contributed by atoms with Crippen molar-refractivity contribution in [3.63, 3.8) is 0 Å². The topological polar surface area (TPSA) is 55.8 Å². The molecular weight excluding hydrogens is 335 g/mol. The van der Waals surface area contributed by atoms with Crippen molar-refractivity contribution in [3.05, 3.63) is 84.4 Å². The lowest BCUT2D eigenvalue weighted by Crippen LogP contribution is -1.99. The summed E-state index contributed by atoms with van der Waals surface area (Å²) < 4.78 is 22.3. The van der Waals surface area contributed by atoms with E-state index in [0.29, 0.717) is 0 Å². The Kier molecular flexibility index (Phi) is 5.22. The highest BCUT2D eigenvalue weighted by molar-refractivity contribution is 7.48. The third-order valence-corrected chi connectivity index (χ3v) is 4.63. The van der Waals surface area contributed by atoms with Crippen LogP contribution in [0.3, 0.4) is 0 Å². The predicted molar refractivity (Wildman–Crippen MR) is 98.8 cm³/mol. The van der Waals surface area contributed by atoms with Crippen LogP contribution in [0.1, 0.15) is 12.5 Å². The number of para-hydroxylation sites is 1. The first-order valence-corrected chi connectivity index (χ1v) is 9.52. The molecule has 1 atom stereocenters. The van der Waals surface area contributed by atoms with E-state index < -0.39 is 7.82 Å². The monoisotopic (exact) mass is 354 g/mol. The highest BCUT2D eigenvalue weighted by atomic mass is 31.2. The summed E-state index contributed by atoms with van der Waals surface area (Å²) in [6.07, 6.45) is 0.936. The van der Waals surface area contributed by atoms with E-state index in [0.717, 1.165) is 17.5 Å². The van der Waals surface area contributed by atoms with E-state index in [1.165, 1.54) is 5.56 Å². The van der Waals surface area contributed by atoms with E-state index in [-0.39, 0.29) is 11.5 Å². The third-order valence-electron chi connectivity index (χ3n) is 3.75. The molecule has 4 nitrogen and oxygen atoms in total. The average Bonchev–Trinajstić information content (AvgIpc) is 2.62. The molecule has 0 aliphatic heterocycles. The Morgan fingerprint density at radius 1 is 0.800 bits per heavy atom. The van der Waals surface area contributed by atoms with Crippen LogP contribution in [0, 0.1) is 0 Å². The van der Waals surface area contributed by atoms with Gasteiger partial charge in [-0.05, 0) is 47.4 Å². The number of aryl methyl sites for hydroxylation is 1. The maximum atomic E-state index is 12.1. The molecule has 3 rings (SSSR count). The Balaban J connectivity index is 1.75. The predicted octanol–water partition coefficient (Wildman–Crippen LogP) is 5.47. The van der Waals surface area contributed by atoms with Gasteiger partial charge in [0.05, 0.1) is 0 Å². The molecule has 25 heavy (non-hydrogen) atoms. The van der Waals surface area contributed by atoms with Crippen LogP contribution in [0.15, 0.2) is 78.9 Å². The number of hydrogen-bond acceptors (Lipinski definition) is 3. The van der Waals surface area contributed by atoms with Gasteiger partial charge in [-0.15, -0.1) is 0 Å². The summed E-state index contributed by atoms with van der Waals surface area (Å²) in [4.78, 5) is 9.90. The molecule has 0 spiro atoms. The van der Waals surface area contributed by atoms with Gasteiger partial charge >= 0.3 is 7.82 Å². The maximum Gasteiger partial charge on any atom is 0.584 e. The van der Waals surface area contributed by atoms with E-state index in [9.17, 15) is 9.46 Å². The van der Waals surface area contributed by atoms with Crippen molar-refractivity contribution in [2.75, 3.05) is 0 Å². The number of phosphoric acid groups is 1. The van der Waals surface area contributed by atoms with Gasteiger partial charge in [0.25, 0.3) is 0 Å². The molecule has 0 radical (unpaired) electrons. The molecular formula is C20H19O4P. The van der Waals surface area contributed by atoms with E-state index in [2.05, 4.69) is 19.1 Å². The summed E-state index contributed by atoms with van der Waals surface area (Å²) in [5, 5.41) is 0. The zero-order valence-electron chi connectivity index (χ0n) is 13.8. The molecule has 0 aromatic heterocycles. The van der Waals surface area contributed by atoms with Crippen LogP contribution >= 0.6 is 7.82 Å². The van der Waals surface area contributed by atoms with Crippen molar-refractivity contribution in [3.8, 4) is 22.6 Å². The summed E-state index contributed by atoms with van der Waals surface area (Å²) in [6.45, 7) is 2.11. The first kappa shape index (κ1) is 17.3. The fourth-order valence-electron chi connectivity index (χ4n) is 2.57. The van der Waals surface area contributed by atoms with Gasteiger partial charge in [-0.1, -0.05) is 61.5 Å². The van der Waals surface area contributed by atoms with Crippen molar-refractivity contribution in [2.45, 2.75) is 13.3 Å². The molecule has 1 N–H and O–H groups in total. The second-order valence-electron chi connectivity index (χ2n) is 5.50. The van der Waals surface area contributed by atoms with Gasteiger partial charge in [-0.2, -0.15) is 0 Å². The molecule has 0 saturated carbocycles. The van der Waals surface area contributed by atoms with Crippen LogP contribution in [0.4, 0.5) is 0 Å². The molecule has 0 amide bonds. The normalized spacial score (nSPS) is 13.0. The van der Waals surface area contributed by atoms with Crippen LogP contribution in [0.2, 0.25) is 0 Å². The van der Waals surface area contributed by atoms with Crippen molar-refractivity contribution in [1.82, 2.24) is 0 Å². The van der Waals surface area contributed by atoms with E-state index >= 15 is 0 Å². The van der Waals surface area contributed by atoms with Crippen LogP contribution < -0.4 is 9.05 Å². The molecule has 0 bridgehead atoms. The highest BCUT2D eigenvalue weighted by Crippen LogP contribution is 2.44. The van der Waals surface area contributed by atoms with Gasteiger partial charge in [0.15, 0.2) is 0 Å². The SMILES string of the molecule is CCc1ccccc1-c1ccc(OP(=O)(O)Oc2ccccc2)cc1. The summed E-state index contributed by atoms with van der Waals surface area (Å²) in [5.41, 5.74) is 3.42. The van der Waals surface area contributed by atoms with Crippen LogP contribution in [0.5, 0.6) is 11.5 Å². The van der Waals surface area contributed by atoms with Gasteiger partial charge in [-0.3, -0.25) is 4.89 Å². The highest BCUT2D eigenvalue weighted by Gasteiger charge is 2.24. The second kappa shape index (κ2) is 7.56. The Morgan fingerprint density at radius 3 is 2.00 bits per heavy atom. The Bertz CT molecular complexity index is 876. The minimum absolute atomic E-state index is 0.277. The van der Waals surface area contributed by atoms with Gasteiger partial charge in [0.1, 0.15) is 11.5 Å². The Morgan fingerprint density at radius 2 is 1.36 bits per heavy atom. The zero-order valence-corrected chi connectivity index (χ0v) is 14.7. The Hall–Kier alpha value is -2.55. The number of hydrogen-bond donors (Lipinski definition) is 1. The van der Waals surface area contributed by atoms with Crippen molar-refractivity contribution in [1.29, 1.82) is 0 Å². The van der Waals surface area contributed by atoms with Gasteiger partial charge in [0.2, 0.25) is 0 Å². The zero-order chi connectivity index (χ0) is 17.7. The molecule has 0 fully saturated rings. The molecule has 0 aliphatic carbocycles. The lowest BCUT2D eigenvalue weighted by atomic mass is 9.98. The summed E-state index contributed by atoms with van der Waals surface area (Å²) in [5.74, 6) is 0.557. The Labute approximate surface area is 147 Å². The van der Waals surface area contributed by atoms with Crippen molar-refractivity contribution < 1.29 is 18.5 Å². The first-order valence-electron chi connectivity index (χ1n) is 8.03. The molecule has 0 saturated heterocycles. The second-order valence-corrected chi connectivity index (χ2v) is 6.80. The fourth-order valence-corrected chi connectivity index (χ4v) is 3.39. The van der Waals surface area contributed by atoms with E-state index in [1.807, 2.05) is 24.3 Å². The standard InChI is InChI=1S/C20H19O4P/c1-2-16-8-6-7-11-20(16)17-12-14-19(15-13-17)24-25(21,22)23-18-9-4-3-5-10-18/h3-15H,2H2,1H3,(H,21,22). The van der Waals surface area contributed by atoms with E-state index in [1.54, 1.807) is 42.5 Å². The maximum absolute atomic E-state index is 12.1. The van der Waals surface area contributed by atoms with Crippen LogP contribution in [-0.4, -0.2) is 4.89 Å². The molecule has 0 aliphatic rings. The molecule has 128 valence electrons. The van der Waals surface area contributed by atoms with Crippen molar-refractivity contribution in [2.24, 2.45) is 0 Å². The van der Waals surface area contributed by atoms with Gasteiger partial charge in [0, 0.05) is 0 Å². The average molecular weight is 354 g/mol. The van der Waals surface area contributed by atoms with Gasteiger partial charge < -0.3 is 9.05 Å². The fraction of sp³-hybridized carbons (Fsp3) is 0.100. The molecule has 1 unspecified atom stereocenters. The number of phosphoric ester groups is 1. The quantitative estimate of drug-likeness (QED) is 0.596. The van der Waals surface area contributed by atoms with Crippen molar-refractivity contribution >= 4 is 7.82 Å². The third kappa shape index (κ3) is 4.50. The summed E-state index contributed by atoms with van der Waals surface area (Å²) in [7, 11) is -4.24. The number of benzene rings is 3. The molecule has 5 heteroatoms. The van der Waals surface area contributed by atoms with Crippen LogP contribution in [-0.2, 0) is 11.0 Å². The first-order chi connectivity index (χ1) is 12.1. The molecule has 0 heterocycles. The van der Waals surface area contributed by atoms with Crippen LogP contribution in [0.25, 0.3) is 11.1 Å². The minimum atomic E-state index is -4.24. The minimum Gasteiger partial charge on any atom is -0.395 e. The lowest BCUT2D eigenvalue weighted by molar-refractivity contribution is 0.291. The smallest absolute Gasteiger partial charge is 0.395 e. The summed E-state index contributed by atoms with van der Waals surface area (Å²) >= 11 is 0.